The maximum atomic E-state index is 12.9. The number of nitrogens with one attached hydrogen (secondary N) is 1. The molecule has 0 aliphatic carbocycles. The normalized spacial score (nSPS) is 21.2. The Labute approximate surface area is 172 Å². The number of hydrogen-bond donors (Lipinski definition) is 1. The van der Waals surface area contributed by atoms with Crippen molar-refractivity contribution in [3.63, 3.8) is 0 Å². The number of ether oxygens (including phenoxy) is 1. The minimum absolute atomic E-state index is 0.209. The Balaban J connectivity index is 1.60. The number of esters is 1. The molecule has 2 aliphatic heterocycles. The number of fused-ring (bicyclic) bond motifs is 1. The van der Waals surface area contributed by atoms with Crippen molar-refractivity contribution in [2.24, 2.45) is 0 Å². The van der Waals surface area contributed by atoms with Crippen LogP contribution in [0, 0.1) is 0 Å². The highest BCUT2D eigenvalue weighted by Crippen LogP contribution is 2.38. The van der Waals surface area contributed by atoms with Crippen LogP contribution in [0.1, 0.15) is 35.0 Å². The van der Waals surface area contributed by atoms with Gasteiger partial charge in [0.15, 0.2) is 0 Å². The first-order valence-corrected chi connectivity index (χ1v) is 9.91. The molecule has 0 saturated carbocycles. The zero-order valence-electron chi connectivity index (χ0n) is 13.9. The lowest BCUT2D eigenvalue weighted by Gasteiger charge is -2.29. The molecule has 1 N–H and O–H groups in total. The van der Waals surface area contributed by atoms with Crippen LogP contribution >= 0.6 is 31.9 Å². The molecule has 0 spiro atoms. The van der Waals surface area contributed by atoms with Crippen LogP contribution in [-0.2, 0) is 14.3 Å². The molecular weight excluding hydrogens is 480 g/mol. The zero-order chi connectivity index (χ0) is 19.1. The number of carbonyl (C=O) groups excluding carboxylic acids is 3. The van der Waals surface area contributed by atoms with Gasteiger partial charge in [0.25, 0.3) is 0 Å². The van der Waals surface area contributed by atoms with E-state index in [9.17, 15) is 14.4 Å². The fraction of sp³-hybridized carbons (Fsp3) is 0.211. The summed E-state index contributed by atoms with van der Waals surface area (Å²) in [6.45, 7) is 0. The van der Waals surface area contributed by atoms with Gasteiger partial charge in [-0.3, -0.25) is 14.5 Å². The van der Waals surface area contributed by atoms with Crippen LogP contribution in [0.5, 0.6) is 0 Å². The summed E-state index contributed by atoms with van der Waals surface area (Å²) in [6, 6.07) is 11.6. The van der Waals surface area contributed by atoms with Gasteiger partial charge in [0.05, 0.1) is 11.3 Å². The number of nitrogens with zero attached hydrogens (tertiary/aromatic N) is 1. The molecule has 2 aromatic carbocycles. The zero-order valence-corrected chi connectivity index (χ0v) is 17.1. The van der Waals surface area contributed by atoms with Gasteiger partial charge in [-0.1, -0.05) is 34.1 Å². The van der Waals surface area contributed by atoms with E-state index in [0.717, 1.165) is 8.95 Å². The third-order valence-electron chi connectivity index (χ3n) is 4.67. The van der Waals surface area contributed by atoms with Gasteiger partial charge >= 0.3 is 5.97 Å². The van der Waals surface area contributed by atoms with Crippen molar-refractivity contribution in [3.8, 4) is 0 Å². The molecule has 138 valence electrons. The fourth-order valence-corrected chi connectivity index (χ4v) is 4.54. The quantitative estimate of drug-likeness (QED) is 0.655. The lowest BCUT2D eigenvalue weighted by atomic mass is 10.1. The Morgan fingerprint density at radius 3 is 2.70 bits per heavy atom. The second-order valence-electron chi connectivity index (χ2n) is 6.31. The van der Waals surface area contributed by atoms with Gasteiger partial charge in [0, 0.05) is 20.9 Å². The Hall–Kier alpha value is -2.19. The Morgan fingerprint density at radius 2 is 1.93 bits per heavy atom. The van der Waals surface area contributed by atoms with E-state index in [0.29, 0.717) is 23.2 Å². The molecule has 0 bridgehead atoms. The van der Waals surface area contributed by atoms with E-state index in [1.54, 1.807) is 30.3 Å². The Morgan fingerprint density at radius 1 is 1.15 bits per heavy atom. The number of anilines is 1. The van der Waals surface area contributed by atoms with Crippen molar-refractivity contribution in [1.82, 2.24) is 4.90 Å². The van der Waals surface area contributed by atoms with Crippen LogP contribution in [0.2, 0.25) is 0 Å². The van der Waals surface area contributed by atoms with E-state index in [1.807, 2.05) is 12.1 Å². The summed E-state index contributed by atoms with van der Waals surface area (Å²) in [5, 5.41) is 2.85. The number of benzene rings is 2. The Bertz CT molecular complexity index is 962. The first-order chi connectivity index (χ1) is 13.0. The summed E-state index contributed by atoms with van der Waals surface area (Å²) >= 11 is 6.78. The summed E-state index contributed by atoms with van der Waals surface area (Å²) < 4.78 is 7.02. The molecule has 0 radical (unpaired) electrons. The van der Waals surface area contributed by atoms with E-state index in [2.05, 4.69) is 37.2 Å². The number of cyclic esters (lactones) is 1. The minimum atomic E-state index is -0.868. The van der Waals surface area contributed by atoms with Gasteiger partial charge in [-0.15, -0.1) is 0 Å². The van der Waals surface area contributed by atoms with Crippen LogP contribution < -0.4 is 5.32 Å². The minimum Gasteiger partial charge on any atom is -0.433 e. The largest absolute Gasteiger partial charge is 0.433 e. The Kier molecular flexibility index (Phi) is 4.77. The van der Waals surface area contributed by atoms with Crippen molar-refractivity contribution in [3.05, 3.63) is 62.5 Å². The molecule has 2 aromatic rings. The molecule has 2 heterocycles. The molecular formula is C19H14Br2N2O4. The van der Waals surface area contributed by atoms with Crippen LogP contribution in [0.4, 0.5) is 5.69 Å². The maximum Gasteiger partial charge on any atom is 0.340 e. The average molecular weight is 494 g/mol. The topological polar surface area (TPSA) is 75.7 Å². The van der Waals surface area contributed by atoms with Crippen molar-refractivity contribution >= 4 is 55.3 Å². The molecule has 2 amide bonds. The number of likely N-dealkylation sites (tertiary alicyclic amines) is 1. The predicted molar refractivity (Wildman–Crippen MR) is 105 cm³/mol. The van der Waals surface area contributed by atoms with Gasteiger partial charge in [-0.2, -0.15) is 0 Å². The van der Waals surface area contributed by atoms with Crippen molar-refractivity contribution in [1.29, 1.82) is 0 Å². The number of amides is 2. The molecule has 0 unspecified atom stereocenters. The summed E-state index contributed by atoms with van der Waals surface area (Å²) in [5.74, 6) is -1.01. The van der Waals surface area contributed by atoms with Crippen LogP contribution in [0.15, 0.2) is 51.4 Å². The molecule has 27 heavy (non-hydrogen) atoms. The lowest BCUT2D eigenvalue weighted by molar-refractivity contribution is -0.144. The fourth-order valence-electron chi connectivity index (χ4n) is 3.39. The number of halogens is 2. The summed E-state index contributed by atoms with van der Waals surface area (Å²) in [5.41, 5.74) is 1.64. The van der Waals surface area contributed by atoms with E-state index in [4.69, 9.17) is 4.74 Å². The molecule has 1 fully saturated rings. The highest BCUT2D eigenvalue weighted by molar-refractivity contribution is 9.11. The third kappa shape index (κ3) is 3.27. The van der Waals surface area contributed by atoms with Crippen molar-refractivity contribution in [2.45, 2.75) is 25.1 Å². The van der Waals surface area contributed by atoms with E-state index in [-0.39, 0.29) is 18.2 Å². The summed E-state index contributed by atoms with van der Waals surface area (Å²) in [6.07, 6.45) is -0.266. The average Bonchev–Trinajstić information content (AvgIpc) is 3.18. The van der Waals surface area contributed by atoms with Crippen LogP contribution in [0.3, 0.4) is 0 Å². The molecule has 0 aromatic heterocycles. The SMILES string of the molecule is O=C1O[C@H](N2C(=O)CC[C@@H]2C(=O)Nc2ccc(Br)cc2Br)c2ccccc21. The number of hydrogen-bond acceptors (Lipinski definition) is 4. The van der Waals surface area contributed by atoms with E-state index >= 15 is 0 Å². The highest BCUT2D eigenvalue weighted by Gasteiger charge is 2.46. The maximum absolute atomic E-state index is 12.9. The van der Waals surface area contributed by atoms with Gasteiger partial charge in [0.2, 0.25) is 18.0 Å². The molecule has 2 atom stereocenters. The summed E-state index contributed by atoms with van der Waals surface area (Å²) in [4.78, 5) is 38.9. The smallest absolute Gasteiger partial charge is 0.340 e. The number of carbonyl (C=O) groups is 3. The van der Waals surface area contributed by atoms with Crippen LogP contribution in [0.25, 0.3) is 0 Å². The first-order valence-electron chi connectivity index (χ1n) is 8.32. The van der Waals surface area contributed by atoms with Gasteiger partial charge < -0.3 is 10.1 Å². The van der Waals surface area contributed by atoms with Gasteiger partial charge in [-0.25, -0.2) is 4.79 Å². The second kappa shape index (κ2) is 7.09. The second-order valence-corrected chi connectivity index (χ2v) is 8.08. The molecule has 4 rings (SSSR count). The molecule has 1 saturated heterocycles. The highest BCUT2D eigenvalue weighted by atomic mass is 79.9. The van der Waals surface area contributed by atoms with Crippen molar-refractivity contribution in [2.75, 3.05) is 5.32 Å². The standard InChI is InChI=1S/C19H14Br2N2O4/c20-10-5-6-14(13(21)9-10)22-17(25)15-7-8-16(24)23(15)18-11-3-1-2-4-12(11)19(26)27-18/h1-6,9,15,18H,7-8H2,(H,22,25)/t15-,18+/m1/s1. The first kappa shape index (κ1) is 18.2. The van der Waals surface area contributed by atoms with Crippen LogP contribution in [-0.4, -0.2) is 28.7 Å². The predicted octanol–water partition coefficient (Wildman–Crippen LogP) is 4.01. The molecule has 6 nitrogen and oxygen atoms in total. The van der Waals surface area contributed by atoms with Gasteiger partial charge in [0.1, 0.15) is 6.04 Å². The monoisotopic (exact) mass is 492 g/mol. The third-order valence-corrected chi connectivity index (χ3v) is 5.81. The van der Waals surface area contributed by atoms with E-state index in [1.165, 1.54) is 4.90 Å². The van der Waals surface area contributed by atoms with E-state index < -0.39 is 18.2 Å². The molecule has 2 aliphatic rings. The lowest BCUT2D eigenvalue weighted by Crippen LogP contribution is -2.43. The summed E-state index contributed by atoms with van der Waals surface area (Å²) in [7, 11) is 0. The molecule has 8 heteroatoms. The van der Waals surface area contributed by atoms with Crippen molar-refractivity contribution < 1.29 is 19.1 Å². The van der Waals surface area contributed by atoms with Gasteiger partial charge in [-0.05, 0) is 46.6 Å². The number of rotatable bonds is 3.